The van der Waals surface area contributed by atoms with Gasteiger partial charge in [0.25, 0.3) is 0 Å². The van der Waals surface area contributed by atoms with E-state index in [1.165, 1.54) is 0 Å². The summed E-state index contributed by atoms with van der Waals surface area (Å²) in [7, 11) is -3.01. The van der Waals surface area contributed by atoms with Gasteiger partial charge in [0.1, 0.15) is 15.3 Å². The van der Waals surface area contributed by atoms with Crippen LogP contribution < -0.4 is 0 Å². The normalized spacial score (nSPS) is 27.1. The van der Waals surface area contributed by atoms with Crippen LogP contribution in [0.5, 0.6) is 0 Å². The van der Waals surface area contributed by atoms with E-state index in [9.17, 15) is 18.5 Å². The van der Waals surface area contributed by atoms with Gasteiger partial charge < -0.3 is 0 Å². The molecule has 102 valence electrons. The number of hydrogen-bond donors (Lipinski definition) is 0. The molecule has 1 fully saturated rings. The quantitative estimate of drug-likeness (QED) is 0.767. The number of carbonyl (C=O) groups excluding carboxylic acids is 1. The lowest BCUT2D eigenvalue weighted by molar-refractivity contribution is -0.130. The third kappa shape index (κ3) is 2.92. The summed E-state index contributed by atoms with van der Waals surface area (Å²) in [6.45, 7) is 5.33. The Morgan fingerprint density at radius 2 is 1.94 bits per heavy atom. The standard InChI is InChI=1S/C13H21NO3S/c1-4-18(16,17)9-5-6-13(10-14)8-7-12(2,3)11(13)15/h4-9H2,1-3H3. The van der Waals surface area contributed by atoms with Crippen molar-refractivity contribution >= 4 is 15.6 Å². The predicted molar refractivity (Wildman–Crippen MR) is 69.6 cm³/mol. The highest BCUT2D eigenvalue weighted by Gasteiger charge is 2.51. The van der Waals surface area contributed by atoms with Crippen molar-refractivity contribution in [3.8, 4) is 6.07 Å². The molecule has 1 aliphatic carbocycles. The molecule has 0 aromatic heterocycles. The number of ketones is 1. The zero-order valence-corrected chi connectivity index (χ0v) is 12.1. The summed E-state index contributed by atoms with van der Waals surface area (Å²) in [5.41, 5.74) is -1.40. The predicted octanol–water partition coefficient (Wildman–Crippen LogP) is 2.10. The molecule has 1 atom stereocenters. The summed E-state index contributed by atoms with van der Waals surface area (Å²) in [6.07, 6.45) is 2.03. The van der Waals surface area contributed by atoms with Crippen molar-refractivity contribution in [1.82, 2.24) is 0 Å². The van der Waals surface area contributed by atoms with E-state index in [0.717, 1.165) is 0 Å². The Kier molecular flexibility index (Phi) is 4.22. The molecule has 0 radical (unpaired) electrons. The van der Waals surface area contributed by atoms with Crippen LogP contribution in [0.4, 0.5) is 0 Å². The van der Waals surface area contributed by atoms with E-state index < -0.39 is 20.7 Å². The SMILES string of the molecule is CCS(=O)(=O)CCCC1(C#N)CCC(C)(C)C1=O. The molecule has 1 saturated carbocycles. The number of sulfone groups is 1. The van der Waals surface area contributed by atoms with Crippen LogP contribution >= 0.6 is 0 Å². The minimum atomic E-state index is -3.01. The van der Waals surface area contributed by atoms with Crippen LogP contribution in [-0.4, -0.2) is 25.7 Å². The average molecular weight is 271 g/mol. The van der Waals surface area contributed by atoms with Gasteiger partial charge in [-0.2, -0.15) is 5.26 Å². The second-order valence-corrected chi connectivity index (χ2v) is 8.22. The Morgan fingerprint density at radius 1 is 1.33 bits per heavy atom. The number of nitrogens with zero attached hydrogens (tertiary/aromatic N) is 1. The van der Waals surface area contributed by atoms with Crippen LogP contribution in [0, 0.1) is 22.2 Å². The monoisotopic (exact) mass is 271 g/mol. The smallest absolute Gasteiger partial charge is 0.158 e. The first-order valence-corrected chi connectivity index (χ1v) is 8.18. The molecule has 0 amide bonds. The lowest BCUT2D eigenvalue weighted by Gasteiger charge is -2.22. The molecule has 0 aliphatic heterocycles. The summed E-state index contributed by atoms with van der Waals surface area (Å²) >= 11 is 0. The van der Waals surface area contributed by atoms with Gasteiger partial charge in [0.05, 0.1) is 11.8 Å². The van der Waals surface area contributed by atoms with Crippen LogP contribution in [-0.2, 0) is 14.6 Å². The summed E-state index contributed by atoms with van der Waals surface area (Å²) in [5, 5.41) is 9.29. The van der Waals surface area contributed by atoms with Crippen LogP contribution in [0.15, 0.2) is 0 Å². The van der Waals surface area contributed by atoms with E-state index in [1.54, 1.807) is 6.92 Å². The molecule has 0 aromatic rings. The first kappa shape index (κ1) is 15.2. The third-order valence-electron chi connectivity index (χ3n) is 3.94. The van der Waals surface area contributed by atoms with Crippen molar-refractivity contribution in [2.24, 2.45) is 10.8 Å². The van der Waals surface area contributed by atoms with E-state index in [0.29, 0.717) is 25.7 Å². The molecule has 0 N–H and O–H groups in total. The van der Waals surface area contributed by atoms with Gasteiger partial charge in [-0.15, -0.1) is 0 Å². The minimum Gasteiger partial charge on any atom is -0.297 e. The Balaban J connectivity index is 2.71. The summed E-state index contributed by atoms with van der Waals surface area (Å²) in [5.74, 6) is 0.165. The maximum Gasteiger partial charge on any atom is 0.158 e. The van der Waals surface area contributed by atoms with Crippen LogP contribution in [0.25, 0.3) is 0 Å². The van der Waals surface area contributed by atoms with Gasteiger partial charge in [0.2, 0.25) is 0 Å². The largest absolute Gasteiger partial charge is 0.297 e. The second-order valence-electron chi connectivity index (χ2n) is 5.75. The van der Waals surface area contributed by atoms with Gasteiger partial charge in [0, 0.05) is 11.2 Å². The van der Waals surface area contributed by atoms with Gasteiger partial charge in [-0.25, -0.2) is 8.42 Å². The van der Waals surface area contributed by atoms with Gasteiger partial charge in [-0.3, -0.25) is 4.79 Å². The van der Waals surface area contributed by atoms with Crippen molar-refractivity contribution < 1.29 is 13.2 Å². The first-order chi connectivity index (χ1) is 8.19. The first-order valence-electron chi connectivity index (χ1n) is 6.36. The number of hydrogen-bond acceptors (Lipinski definition) is 4. The van der Waals surface area contributed by atoms with Crippen molar-refractivity contribution in [3.05, 3.63) is 0 Å². The van der Waals surface area contributed by atoms with Gasteiger partial charge in [-0.1, -0.05) is 20.8 Å². The van der Waals surface area contributed by atoms with Crippen molar-refractivity contribution in [3.63, 3.8) is 0 Å². The summed E-state index contributed by atoms with van der Waals surface area (Å²) in [4.78, 5) is 12.2. The van der Waals surface area contributed by atoms with E-state index in [2.05, 4.69) is 6.07 Å². The number of carbonyl (C=O) groups is 1. The molecular weight excluding hydrogens is 250 g/mol. The zero-order valence-electron chi connectivity index (χ0n) is 11.3. The van der Waals surface area contributed by atoms with E-state index >= 15 is 0 Å². The fraction of sp³-hybridized carbons (Fsp3) is 0.846. The van der Waals surface area contributed by atoms with Crippen LogP contribution in [0.1, 0.15) is 46.5 Å². The molecule has 1 aliphatic rings. The van der Waals surface area contributed by atoms with E-state index in [4.69, 9.17) is 0 Å². The highest BCUT2D eigenvalue weighted by Crippen LogP contribution is 2.47. The molecular formula is C13H21NO3S. The fourth-order valence-corrected chi connectivity index (χ4v) is 3.41. The van der Waals surface area contributed by atoms with Crippen LogP contribution in [0.3, 0.4) is 0 Å². The molecule has 0 aromatic carbocycles. The van der Waals surface area contributed by atoms with Crippen molar-refractivity contribution in [1.29, 1.82) is 5.26 Å². The molecule has 4 nitrogen and oxygen atoms in total. The maximum absolute atomic E-state index is 12.2. The lowest BCUT2D eigenvalue weighted by atomic mass is 9.78. The molecule has 5 heteroatoms. The van der Waals surface area contributed by atoms with Crippen molar-refractivity contribution in [2.75, 3.05) is 11.5 Å². The Labute approximate surface area is 109 Å². The Hall–Kier alpha value is -0.890. The number of rotatable bonds is 5. The highest BCUT2D eigenvalue weighted by atomic mass is 32.2. The molecule has 18 heavy (non-hydrogen) atoms. The lowest BCUT2D eigenvalue weighted by Crippen LogP contribution is -2.31. The fourth-order valence-electron chi connectivity index (χ4n) is 2.54. The second kappa shape index (κ2) is 5.00. The topological polar surface area (TPSA) is 75.0 Å². The Bertz CT molecular complexity index is 473. The van der Waals surface area contributed by atoms with E-state index in [-0.39, 0.29) is 17.3 Å². The van der Waals surface area contributed by atoms with Gasteiger partial charge in [-0.05, 0) is 25.7 Å². The summed E-state index contributed by atoms with van der Waals surface area (Å²) in [6, 6.07) is 2.14. The van der Waals surface area contributed by atoms with E-state index in [1.807, 2.05) is 13.8 Å². The van der Waals surface area contributed by atoms with Crippen LogP contribution in [0.2, 0.25) is 0 Å². The van der Waals surface area contributed by atoms with Gasteiger partial charge in [0.15, 0.2) is 5.78 Å². The summed E-state index contributed by atoms with van der Waals surface area (Å²) < 4.78 is 22.8. The Morgan fingerprint density at radius 3 is 2.33 bits per heavy atom. The van der Waals surface area contributed by atoms with Crippen molar-refractivity contribution in [2.45, 2.75) is 46.5 Å². The number of Topliss-reactive ketones (excluding diaryl/α,β-unsaturated/α-hetero) is 1. The third-order valence-corrected chi connectivity index (χ3v) is 5.73. The molecule has 0 spiro atoms. The highest BCUT2D eigenvalue weighted by molar-refractivity contribution is 7.91. The molecule has 0 heterocycles. The number of nitriles is 1. The van der Waals surface area contributed by atoms with Gasteiger partial charge >= 0.3 is 0 Å². The molecule has 1 unspecified atom stereocenters. The zero-order chi connectivity index (χ0) is 14.0. The molecule has 0 saturated heterocycles. The average Bonchev–Trinajstić information content (AvgIpc) is 2.54. The minimum absolute atomic E-state index is 0.0219. The molecule has 1 rings (SSSR count). The maximum atomic E-state index is 12.2. The molecule has 0 bridgehead atoms.